The molecule has 4 heterocycles. The predicted octanol–water partition coefficient (Wildman–Crippen LogP) is 5.70. The molecule has 2 N–H and O–H groups in total. The van der Waals surface area contributed by atoms with Gasteiger partial charge in [0.1, 0.15) is 17.8 Å². The Hall–Kier alpha value is -3.72. The van der Waals surface area contributed by atoms with Crippen molar-refractivity contribution in [2.24, 2.45) is 0 Å². The summed E-state index contributed by atoms with van der Waals surface area (Å²) >= 11 is 5.78. The Kier molecular flexibility index (Phi) is 11.6. The molecule has 1 unspecified atom stereocenters. The predicted molar refractivity (Wildman–Crippen MR) is 204 cm³/mol. The van der Waals surface area contributed by atoms with Crippen LogP contribution in [-0.4, -0.2) is 115 Å². The van der Waals surface area contributed by atoms with Gasteiger partial charge >= 0.3 is 0 Å². The van der Waals surface area contributed by atoms with Gasteiger partial charge in [0.2, 0.25) is 10.0 Å². The zero-order valence-corrected chi connectivity index (χ0v) is 31.3. The Bertz CT molecular complexity index is 1870. The largest absolute Gasteiger partial charge is 0.493 e. The fourth-order valence-corrected chi connectivity index (χ4v) is 8.96. The number of aromatic nitrogens is 3. The molecule has 0 radical (unpaired) electrons. The first-order chi connectivity index (χ1) is 24.2. The lowest BCUT2D eigenvalue weighted by Gasteiger charge is -2.37. The monoisotopic (exact) mass is 722 g/mol. The fraction of sp³-hybridized carbons (Fsp3) is 0.528. The third-order valence-electron chi connectivity index (χ3n) is 9.75. The van der Waals surface area contributed by atoms with E-state index in [0.29, 0.717) is 54.6 Å². The van der Waals surface area contributed by atoms with E-state index in [1.165, 1.54) is 19.4 Å². The standard InChI is InChI=1S/C36H50N8O4S2/c1-5-14-44(15-6-2)50(45,46)28-12-10-27(11-13-28)39-36(49)43-20-18-42(19-21-43)35-33-29-23-31(47-4)32(24-30(29)40-34(33)37-25-38-35)48-22-8-17-41-16-7-9-26(41)3/h10-13,23-26H,5-9,14-22H2,1-4H3,(H,39,49)(H,37,38,40). The van der Waals surface area contributed by atoms with Crippen LogP contribution >= 0.6 is 12.2 Å². The van der Waals surface area contributed by atoms with Crippen LogP contribution in [0.15, 0.2) is 47.6 Å². The molecule has 50 heavy (non-hydrogen) atoms. The first-order valence-corrected chi connectivity index (χ1v) is 19.7. The van der Waals surface area contributed by atoms with Crippen molar-refractivity contribution in [1.82, 2.24) is 29.1 Å². The van der Waals surface area contributed by atoms with Crippen molar-refractivity contribution in [3.05, 3.63) is 42.7 Å². The number of benzene rings is 2. The highest BCUT2D eigenvalue weighted by Gasteiger charge is 2.26. The molecule has 2 aromatic heterocycles. The number of likely N-dealkylation sites (tertiary alicyclic amines) is 1. The van der Waals surface area contributed by atoms with Crippen molar-refractivity contribution in [3.8, 4) is 11.5 Å². The Morgan fingerprint density at radius 2 is 1.78 bits per heavy atom. The Morgan fingerprint density at radius 1 is 1.04 bits per heavy atom. The number of aromatic amines is 1. The minimum absolute atomic E-state index is 0.293. The highest BCUT2D eigenvalue weighted by Crippen LogP contribution is 2.38. The summed E-state index contributed by atoms with van der Waals surface area (Å²) < 4.78 is 39.9. The molecule has 0 aliphatic carbocycles. The van der Waals surface area contributed by atoms with Gasteiger partial charge in [-0.05, 0) is 88.1 Å². The maximum absolute atomic E-state index is 13.2. The summed E-state index contributed by atoms with van der Waals surface area (Å²) in [6.45, 7) is 13.0. The van der Waals surface area contributed by atoms with Crippen LogP contribution < -0.4 is 19.7 Å². The molecule has 2 saturated heterocycles. The van der Waals surface area contributed by atoms with Crippen molar-refractivity contribution in [1.29, 1.82) is 0 Å². The van der Waals surface area contributed by atoms with Crippen LogP contribution in [0, 0.1) is 0 Å². The Balaban J connectivity index is 1.09. The van der Waals surface area contributed by atoms with Crippen molar-refractivity contribution in [2.75, 3.05) is 76.3 Å². The average Bonchev–Trinajstić information content (AvgIpc) is 3.71. The van der Waals surface area contributed by atoms with Crippen LogP contribution in [0.4, 0.5) is 11.5 Å². The number of rotatable bonds is 14. The molecule has 2 fully saturated rings. The van der Waals surface area contributed by atoms with E-state index in [2.05, 4.69) is 36.9 Å². The zero-order chi connectivity index (χ0) is 35.3. The summed E-state index contributed by atoms with van der Waals surface area (Å²) in [5.41, 5.74) is 2.45. The highest BCUT2D eigenvalue weighted by molar-refractivity contribution is 7.89. The molecule has 2 aliphatic rings. The molecule has 270 valence electrons. The molecule has 2 aromatic carbocycles. The Labute approximate surface area is 301 Å². The highest BCUT2D eigenvalue weighted by atomic mass is 32.2. The number of ether oxygens (including phenoxy) is 2. The molecule has 14 heteroatoms. The van der Waals surface area contributed by atoms with Crippen LogP contribution in [0.25, 0.3) is 21.9 Å². The third-order valence-corrected chi connectivity index (χ3v) is 12.0. The summed E-state index contributed by atoms with van der Waals surface area (Å²) in [5.74, 6) is 2.28. The summed E-state index contributed by atoms with van der Waals surface area (Å²) in [6, 6.07) is 11.5. The first kappa shape index (κ1) is 36.1. The second-order valence-electron chi connectivity index (χ2n) is 13.2. The smallest absolute Gasteiger partial charge is 0.243 e. The zero-order valence-electron chi connectivity index (χ0n) is 29.7. The van der Waals surface area contributed by atoms with E-state index < -0.39 is 10.0 Å². The van der Waals surface area contributed by atoms with Crippen LogP contribution in [0.5, 0.6) is 11.5 Å². The van der Waals surface area contributed by atoms with Gasteiger partial charge in [0, 0.05) is 69.0 Å². The molecule has 12 nitrogen and oxygen atoms in total. The van der Waals surface area contributed by atoms with Crippen LogP contribution in [0.1, 0.15) is 52.9 Å². The van der Waals surface area contributed by atoms with Crippen LogP contribution in [-0.2, 0) is 10.0 Å². The van der Waals surface area contributed by atoms with Gasteiger partial charge < -0.3 is 34.5 Å². The molecular formula is C36H50N8O4S2. The lowest BCUT2D eigenvalue weighted by molar-refractivity contribution is 0.226. The van der Waals surface area contributed by atoms with Gasteiger partial charge in [-0.25, -0.2) is 18.4 Å². The summed E-state index contributed by atoms with van der Waals surface area (Å²) in [6.07, 6.45) is 6.67. The molecule has 0 spiro atoms. The molecule has 0 amide bonds. The lowest BCUT2D eigenvalue weighted by atomic mass is 10.1. The van der Waals surface area contributed by atoms with E-state index in [4.69, 9.17) is 26.7 Å². The third kappa shape index (κ3) is 7.78. The summed E-state index contributed by atoms with van der Waals surface area (Å²) in [5, 5.41) is 5.84. The number of fused-ring (bicyclic) bond motifs is 3. The van der Waals surface area contributed by atoms with Gasteiger partial charge in [-0.15, -0.1) is 0 Å². The number of thiocarbonyl (C=S) groups is 1. The van der Waals surface area contributed by atoms with E-state index >= 15 is 0 Å². The second-order valence-corrected chi connectivity index (χ2v) is 15.5. The van der Waals surface area contributed by atoms with E-state index in [-0.39, 0.29) is 0 Å². The molecule has 0 saturated carbocycles. The van der Waals surface area contributed by atoms with Crippen LogP contribution in [0.3, 0.4) is 0 Å². The Morgan fingerprint density at radius 3 is 2.44 bits per heavy atom. The van der Waals surface area contributed by atoms with Gasteiger partial charge in [-0.3, -0.25) is 0 Å². The van der Waals surface area contributed by atoms with E-state index in [1.807, 2.05) is 26.0 Å². The van der Waals surface area contributed by atoms with E-state index in [0.717, 1.165) is 78.1 Å². The minimum atomic E-state index is -3.53. The van der Waals surface area contributed by atoms with Crippen molar-refractivity contribution in [2.45, 2.75) is 63.8 Å². The molecule has 0 bridgehead atoms. The van der Waals surface area contributed by atoms with Gasteiger partial charge in [0.05, 0.1) is 29.5 Å². The molecule has 1 atom stereocenters. The average molecular weight is 723 g/mol. The maximum Gasteiger partial charge on any atom is 0.243 e. The number of hydrogen-bond acceptors (Lipinski definition) is 9. The van der Waals surface area contributed by atoms with Gasteiger partial charge in [-0.1, -0.05) is 13.8 Å². The van der Waals surface area contributed by atoms with Crippen molar-refractivity contribution >= 4 is 60.8 Å². The van der Waals surface area contributed by atoms with Gasteiger partial charge in [0.25, 0.3) is 0 Å². The number of nitrogens with one attached hydrogen (secondary N) is 2. The number of sulfonamides is 1. The second kappa shape index (κ2) is 16.1. The maximum atomic E-state index is 13.2. The quantitative estimate of drug-likeness (QED) is 0.123. The topological polar surface area (TPSA) is 119 Å². The van der Waals surface area contributed by atoms with E-state index in [1.54, 1.807) is 42.0 Å². The number of anilines is 2. The van der Waals surface area contributed by atoms with Crippen molar-refractivity contribution in [3.63, 3.8) is 0 Å². The first-order valence-electron chi connectivity index (χ1n) is 17.9. The normalized spacial score (nSPS) is 17.3. The summed E-state index contributed by atoms with van der Waals surface area (Å²) in [7, 11) is -1.86. The SMILES string of the molecule is CCCN(CCC)S(=O)(=O)c1ccc(NC(=S)N2CCN(c3ncnc4[nH]c5cc(OCCCN6CCCC6C)c(OC)cc5c34)CC2)cc1. The fourth-order valence-electron chi connectivity index (χ4n) is 7.04. The lowest BCUT2D eigenvalue weighted by Crippen LogP contribution is -2.50. The summed E-state index contributed by atoms with van der Waals surface area (Å²) in [4.78, 5) is 20.0. The molecule has 4 aromatic rings. The van der Waals surface area contributed by atoms with E-state index in [9.17, 15) is 8.42 Å². The van der Waals surface area contributed by atoms with Crippen LogP contribution in [0.2, 0.25) is 0 Å². The number of nitrogens with zero attached hydrogens (tertiary/aromatic N) is 6. The minimum Gasteiger partial charge on any atom is -0.493 e. The molecule has 2 aliphatic heterocycles. The number of methoxy groups -OCH3 is 1. The van der Waals surface area contributed by atoms with Crippen molar-refractivity contribution < 1.29 is 17.9 Å². The number of piperazine rings is 1. The molecule has 6 rings (SSSR count). The van der Waals surface area contributed by atoms with Gasteiger partial charge in [0.15, 0.2) is 16.6 Å². The van der Waals surface area contributed by atoms with Gasteiger partial charge in [-0.2, -0.15) is 4.31 Å². The number of hydrogen-bond donors (Lipinski definition) is 2. The molecular weight excluding hydrogens is 673 g/mol. The number of H-pyrrole nitrogens is 1.